The van der Waals surface area contributed by atoms with E-state index in [4.69, 9.17) is 4.98 Å². The van der Waals surface area contributed by atoms with Gasteiger partial charge in [-0.3, -0.25) is 18.8 Å². The lowest BCUT2D eigenvalue weighted by atomic mass is 10.1. The summed E-state index contributed by atoms with van der Waals surface area (Å²) in [6.07, 6.45) is 0. The van der Waals surface area contributed by atoms with E-state index in [1.165, 1.54) is 11.8 Å². The molecule has 4 aromatic rings. The van der Waals surface area contributed by atoms with Crippen molar-refractivity contribution < 1.29 is 4.79 Å². The minimum absolute atomic E-state index is 0.115. The fourth-order valence-corrected chi connectivity index (χ4v) is 4.62. The number of anilines is 1. The number of amides is 1. The standard InChI is InChI=1S/C24H25N5O2S/c1-14-9-8-10-15(2)22(14)29-23(31)18-11-6-7-12-19(18)25-24(29)32-13-20(30)26-21-16(3)27-28(5)17(21)4/h6-12H,13H2,1-5H3,(H,26,30). The van der Waals surface area contributed by atoms with E-state index in [0.717, 1.165) is 33.9 Å². The van der Waals surface area contributed by atoms with E-state index in [2.05, 4.69) is 10.4 Å². The summed E-state index contributed by atoms with van der Waals surface area (Å²) in [6, 6.07) is 13.2. The number of aromatic nitrogens is 4. The molecular weight excluding hydrogens is 422 g/mol. The molecule has 0 radical (unpaired) electrons. The van der Waals surface area contributed by atoms with Crippen molar-refractivity contribution in [1.82, 2.24) is 19.3 Å². The average Bonchev–Trinajstić information content (AvgIpc) is 2.99. The highest BCUT2D eigenvalue weighted by molar-refractivity contribution is 7.99. The normalized spacial score (nSPS) is 11.2. The summed E-state index contributed by atoms with van der Waals surface area (Å²) in [6.45, 7) is 7.71. The molecule has 0 saturated heterocycles. The number of fused-ring (bicyclic) bond motifs is 1. The highest BCUT2D eigenvalue weighted by Crippen LogP contribution is 2.26. The summed E-state index contributed by atoms with van der Waals surface area (Å²) in [5, 5.41) is 8.32. The zero-order valence-corrected chi connectivity index (χ0v) is 19.6. The predicted molar refractivity (Wildman–Crippen MR) is 129 cm³/mol. The third kappa shape index (κ3) is 3.93. The number of benzene rings is 2. The maximum absolute atomic E-state index is 13.5. The van der Waals surface area contributed by atoms with Crippen molar-refractivity contribution >= 4 is 34.3 Å². The van der Waals surface area contributed by atoms with Crippen LogP contribution in [0.4, 0.5) is 5.69 Å². The summed E-state index contributed by atoms with van der Waals surface area (Å²) in [4.78, 5) is 31.0. The van der Waals surface area contributed by atoms with Crippen LogP contribution in [0.5, 0.6) is 0 Å². The van der Waals surface area contributed by atoms with Crippen LogP contribution in [0.1, 0.15) is 22.5 Å². The van der Waals surface area contributed by atoms with Gasteiger partial charge in [0.2, 0.25) is 5.91 Å². The van der Waals surface area contributed by atoms with E-state index in [1.54, 1.807) is 15.3 Å². The second kappa shape index (κ2) is 8.63. The fourth-order valence-electron chi connectivity index (χ4n) is 3.82. The van der Waals surface area contributed by atoms with Gasteiger partial charge in [-0.15, -0.1) is 0 Å². The largest absolute Gasteiger partial charge is 0.322 e. The lowest BCUT2D eigenvalue weighted by molar-refractivity contribution is -0.113. The van der Waals surface area contributed by atoms with E-state index >= 15 is 0 Å². The van der Waals surface area contributed by atoms with Gasteiger partial charge >= 0.3 is 0 Å². The summed E-state index contributed by atoms with van der Waals surface area (Å²) >= 11 is 1.25. The van der Waals surface area contributed by atoms with Crippen LogP contribution in [0.15, 0.2) is 52.4 Å². The Balaban J connectivity index is 1.73. The van der Waals surface area contributed by atoms with Crippen LogP contribution in [0.25, 0.3) is 16.6 Å². The quantitative estimate of drug-likeness (QED) is 0.368. The molecule has 2 aromatic carbocycles. The van der Waals surface area contributed by atoms with Crippen LogP contribution in [0, 0.1) is 27.7 Å². The van der Waals surface area contributed by atoms with Crippen molar-refractivity contribution in [3.05, 3.63) is 75.3 Å². The van der Waals surface area contributed by atoms with E-state index in [0.29, 0.717) is 16.1 Å². The van der Waals surface area contributed by atoms with Crippen LogP contribution >= 0.6 is 11.8 Å². The van der Waals surface area contributed by atoms with Gasteiger partial charge in [-0.05, 0) is 51.0 Å². The van der Waals surface area contributed by atoms with Gasteiger partial charge in [0, 0.05) is 7.05 Å². The number of carbonyl (C=O) groups excluding carboxylic acids is 1. The van der Waals surface area contributed by atoms with Gasteiger partial charge in [0.1, 0.15) is 0 Å². The Morgan fingerprint density at radius 3 is 2.38 bits per heavy atom. The molecule has 164 valence electrons. The molecule has 0 spiro atoms. The van der Waals surface area contributed by atoms with E-state index in [1.807, 2.05) is 71.1 Å². The highest BCUT2D eigenvalue weighted by Gasteiger charge is 2.18. The second-order valence-electron chi connectivity index (χ2n) is 7.80. The van der Waals surface area contributed by atoms with Crippen LogP contribution in [0.2, 0.25) is 0 Å². The molecule has 32 heavy (non-hydrogen) atoms. The Labute approximate surface area is 190 Å². The van der Waals surface area contributed by atoms with E-state index in [-0.39, 0.29) is 17.2 Å². The van der Waals surface area contributed by atoms with Crippen molar-refractivity contribution in [2.24, 2.45) is 7.05 Å². The summed E-state index contributed by atoms with van der Waals surface area (Å²) in [7, 11) is 1.84. The number of aryl methyl sites for hydroxylation is 4. The lowest BCUT2D eigenvalue weighted by Gasteiger charge is -2.17. The first-order chi connectivity index (χ1) is 15.3. The SMILES string of the molecule is Cc1cccc(C)c1-n1c(SCC(=O)Nc2c(C)nn(C)c2C)nc2ccccc2c1=O. The Kier molecular flexibility index (Phi) is 5.88. The van der Waals surface area contributed by atoms with Gasteiger partial charge in [-0.2, -0.15) is 5.10 Å². The molecule has 0 saturated carbocycles. The molecule has 0 atom stereocenters. The molecule has 1 amide bonds. The average molecular weight is 448 g/mol. The van der Waals surface area contributed by atoms with Gasteiger partial charge in [0.05, 0.1) is 39.4 Å². The monoisotopic (exact) mass is 447 g/mol. The van der Waals surface area contributed by atoms with E-state index in [9.17, 15) is 9.59 Å². The molecule has 0 aliphatic heterocycles. The molecule has 7 nitrogen and oxygen atoms in total. The van der Waals surface area contributed by atoms with Gasteiger partial charge in [-0.25, -0.2) is 4.98 Å². The van der Waals surface area contributed by atoms with E-state index < -0.39 is 0 Å². The molecule has 0 bridgehead atoms. The predicted octanol–water partition coefficient (Wildman–Crippen LogP) is 4.08. The van der Waals surface area contributed by atoms with Gasteiger partial charge in [-0.1, -0.05) is 42.1 Å². The van der Waals surface area contributed by atoms with Crippen molar-refractivity contribution in [3.8, 4) is 5.69 Å². The van der Waals surface area contributed by atoms with Crippen LogP contribution < -0.4 is 10.9 Å². The third-order valence-electron chi connectivity index (χ3n) is 5.51. The Morgan fingerprint density at radius 1 is 1.03 bits per heavy atom. The maximum atomic E-state index is 13.5. The minimum Gasteiger partial charge on any atom is -0.322 e. The molecular formula is C24H25N5O2S. The Hall–Kier alpha value is -3.39. The maximum Gasteiger partial charge on any atom is 0.266 e. The zero-order chi connectivity index (χ0) is 23.0. The first kappa shape index (κ1) is 21.8. The summed E-state index contributed by atoms with van der Waals surface area (Å²) in [5.41, 5.74) is 5.58. The molecule has 0 unspecified atom stereocenters. The molecule has 0 fully saturated rings. The van der Waals surface area contributed by atoms with Gasteiger partial charge < -0.3 is 5.32 Å². The van der Waals surface area contributed by atoms with Crippen molar-refractivity contribution in [1.29, 1.82) is 0 Å². The van der Waals surface area contributed by atoms with Crippen LogP contribution in [-0.4, -0.2) is 31.0 Å². The summed E-state index contributed by atoms with van der Waals surface area (Å²) < 4.78 is 3.37. The number of hydrogen-bond donors (Lipinski definition) is 1. The molecule has 0 aliphatic rings. The number of nitrogens with one attached hydrogen (secondary N) is 1. The first-order valence-electron chi connectivity index (χ1n) is 10.3. The number of nitrogens with zero attached hydrogens (tertiary/aromatic N) is 4. The smallest absolute Gasteiger partial charge is 0.266 e. The zero-order valence-electron chi connectivity index (χ0n) is 18.8. The molecule has 2 aromatic heterocycles. The highest BCUT2D eigenvalue weighted by atomic mass is 32.2. The number of para-hydroxylation sites is 2. The van der Waals surface area contributed by atoms with Crippen molar-refractivity contribution in [2.75, 3.05) is 11.1 Å². The van der Waals surface area contributed by atoms with Gasteiger partial charge in [0.15, 0.2) is 5.16 Å². The minimum atomic E-state index is -0.176. The van der Waals surface area contributed by atoms with Crippen molar-refractivity contribution in [3.63, 3.8) is 0 Å². The topological polar surface area (TPSA) is 81.8 Å². The second-order valence-corrected chi connectivity index (χ2v) is 8.74. The Bertz CT molecular complexity index is 1380. The number of carbonyl (C=O) groups is 1. The molecule has 0 aliphatic carbocycles. The summed E-state index contributed by atoms with van der Waals surface area (Å²) in [5.74, 6) is -0.0617. The first-order valence-corrected chi connectivity index (χ1v) is 11.3. The van der Waals surface area contributed by atoms with Gasteiger partial charge in [0.25, 0.3) is 5.56 Å². The number of rotatable bonds is 5. The fraction of sp³-hybridized carbons (Fsp3) is 0.250. The van der Waals surface area contributed by atoms with Crippen LogP contribution in [0.3, 0.4) is 0 Å². The molecule has 8 heteroatoms. The lowest BCUT2D eigenvalue weighted by Crippen LogP contribution is -2.24. The Morgan fingerprint density at radius 2 is 1.72 bits per heavy atom. The third-order valence-corrected chi connectivity index (χ3v) is 6.45. The van der Waals surface area contributed by atoms with Crippen molar-refractivity contribution in [2.45, 2.75) is 32.9 Å². The number of thioether (sulfide) groups is 1. The molecule has 4 rings (SSSR count). The molecule has 1 N–H and O–H groups in total. The molecule has 2 heterocycles. The number of hydrogen-bond acceptors (Lipinski definition) is 5. The van der Waals surface area contributed by atoms with Crippen LogP contribution in [-0.2, 0) is 11.8 Å².